The van der Waals surface area contributed by atoms with E-state index in [9.17, 15) is 8.42 Å². The molecule has 0 atom stereocenters. The van der Waals surface area contributed by atoms with Crippen molar-refractivity contribution in [2.45, 2.75) is 4.90 Å². The molecule has 0 amide bonds. The zero-order valence-corrected chi connectivity index (χ0v) is 9.30. The minimum absolute atomic E-state index is 0.0121. The zero-order chi connectivity index (χ0) is 10.9. The Hall–Kier alpha value is -0.780. The lowest BCUT2D eigenvalue weighted by atomic mass is 10.3. The number of nitrogens with zero attached hydrogens (tertiary/aromatic N) is 1. The number of benzene rings is 1. The molecule has 0 bridgehead atoms. The fourth-order valence-electron chi connectivity index (χ4n) is 0.896. The van der Waals surface area contributed by atoms with Gasteiger partial charge in [-0.15, -0.1) is 0 Å². The van der Waals surface area contributed by atoms with Crippen molar-refractivity contribution in [3.8, 4) is 5.75 Å². The van der Waals surface area contributed by atoms with E-state index >= 15 is 0 Å². The molecule has 0 radical (unpaired) electrons. The molecule has 0 unspecified atom stereocenters. The van der Waals surface area contributed by atoms with Crippen LogP contribution in [0.4, 0.5) is 0 Å². The Labute approximate surface area is 87.8 Å². The van der Waals surface area contributed by atoms with Gasteiger partial charge in [-0.05, 0) is 18.2 Å². The maximum Gasteiger partial charge on any atom is 0.244 e. The number of sulfonamides is 1. The van der Waals surface area contributed by atoms with Crippen LogP contribution in [0.1, 0.15) is 0 Å². The number of phenolic OH excluding ortho intramolecular Hbond substituents is 1. The molecule has 0 spiro atoms. The molecule has 0 heterocycles. The summed E-state index contributed by atoms with van der Waals surface area (Å²) >= 11 is 5.69. The molecule has 78 valence electrons. The van der Waals surface area contributed by atoms with Crippen molar-refractivity contribution < 1.29 is 13.5 Å². The van der Waals surface area contributed by atoms with Gasteiger partial charge in [-0.3, -0.25) is 0 Å². The first-order valence-electron chi connectivity index (χ1n) is 3.77. The number of halogens is 1. The summed E-state index contributed by atoms with van der Waals surface area (Å²) < 4.78 is 24.3. The first-order valence-corrected chi connectivity index (χ1v) is 5.58. The van der Waals surface area contributed by atoms with E-state index in [4.69, 9.17) is 16.7 Å². The van der Waals surface area contributed by atoms with Crippen LogP contribution in [0.3, 0.4) is 0 Å². The van der Waals surface area contributed by atoms with Crippen molar-refractivity contribution in [1.82, 2.24) is 4.31 Å². The Morgan fingerprint density at radius 1 is 1.36 bits per heavy atom. The second-order valence-corrected chi connectivity index (χ2v) is 5.43. The third-order valence-electron chi connectivity index (χ3n) is 1.67. The molecular weight excluding hydrogens is 226 g/mol. The minimum atomic E-state index is -3.53. The number of phenols is 1. The summed E-state index contributed by atoms with van der Waals surface area (Å²) in [6, 6.07) is 3.74. The van der Waals surface area contributed by atoms with Gasteiger partial charge in [0.15, 0.2) is 0 Å². The van der Waals surface area contributed by atoms with Gasteiger partial charge in [-0.25, -0.2) is 12.7 Å². The lowest BCUT2D eigenvalue weighted by Crippen LogP contribution is -2.22. The van der Waals surface area contributed by atoms with Gasteiger partial charge in [0.05, 0.1) is 5.02 Å². The summed E-state index contributed by atoms with van der Waals surface area (Å²) in [6.07, 6.45) is 0. The van der Waals surface area contributed by atoms with Gasteiger partial charge in [0.25, 0.3) is 0 Å². The molecule has 4 nitrogen and oxygen atoms in total. The molecule has 0 aliphatic rings. The maximum absolute atomic E-state index is 11.6. The van der Waals surface area contributed by atoms with Crippen molar-refractivity contribution >= 4 is 21.6 Å². The SMILES string of the molecule is CN(C)S(=O)(=O)c1ccc(O)cc1Cl. The first-order chi connectivity index (χ1) is 6.35. The quantitative estimate of drug-likeness (QED) is 0.841. The Morgan fingerprint density at radius 2 is 1.93 bits per heavy atom. The topological polar surface area (TPSA) is 57.6 Å². The van der Waals surface area contributed by atoms with Gasteiger partial charge in [-0.2, -0.15) is 0 Å². The molecule has 0 saturated carbocycles. The minimum Gasteiger partial charge on any atom is -0.508 e. The molecule has 6 heteroatoms. The highest BCUT2D eigenvalue weighted by Gasteiger charge is 2.20. The van der Waals surface area contributed by atoms with Gasteiger partial charge >= 0.3 is 0 Å². The highest BCUT2D eigenvalue weighted by Crippen LogP contribution is 2.26. The van der Waals surface area contributed by atoms with Crippen molar-refractivity contribution in [3.63, 3.8) is 0 Å². The molecule has 0 aromatic heterocycles. The second-order valence-electron chi connectivity index (χ2n) is 2.90. The molecule has 0 aliphatic heterocycles. The van der Waals surface area contributed by atoms with E-state index in [0.29, 0.717) is 0 Å². The molecular formula is C8H10ClNO3S. The van der Waals surface area contributed by atoms with Gasteiger partial charge in [-0.1, -0.05) is 11.6 Å². The average molecular weight is 236 g/mol. The summed E-state index contributed by atoms with van der Waals surface area (Å²) in [5.74, 6) is -0.0623. The predicted octanol–water partition coefficient (Wildman–Crippen LogP) is 1.30. The van der Waals surface area contributed by atoms with Crippen LogP contribution in [-0.2, 0) is 10.0 Å². The number of hydrogen-bond acceptors (Lipinski definition) is 3. The van der Waals surface area contributed by atoms with Crippen molar-refractivity contribution in [3.05, 3.63) is 23.2 Å². The third kappa shape index (κ3) is 2.00. The molecule has 1 aromatic carbocycles. The van der Waals surface area contributed by atoms with Crippen LogP contribution in [0, 0.1) is 0 Å². The normalized spacial score (nSPS) is 12.0. The van der Waals surface area contributed by atoms with E-state index in [1.807, 2.05) is 0 Å². The number of aromatic hydroxyl groups is 1. The highest BCUT2D eigenvalue weighted by atomic mass is 35.5. The monoisotopic (exact) mass is 235 g/mol. The molecule has 0 fully saturated rings. The molecule has 1 aromatic rings. The van der Waals surface area contributed by atoms with Crippen LogP contribution >= 0.6 is 11.6 Å². The van der Waals surface area contributed by atoms with Crippen molar-refractivity contribution in [2.24, 2.45) is 0 Å². The number of rotatable bonds is 2. The molecule has 0 aliphatic carbocycles. The smallest absolute Gasteiger partial charge is 0.244 e. The molecule has 0 saturated heterocycles. The van der Waals surface area contributed by atoms with Gasteiger partial charge in [0, 0.05) is 14.1 Å². The maximum atomic E-state index is 11.6. The first kappa shape index (κ1) is 11.3. The summed E-state index contributed by atoms with van der Waals surface area (Å²) in [4.78, 5) is -0.0121. The van der Waals surface area contributed by atoms with Crippen LogP contribution in [0.5, 0.6) is 5.75 Å². The lowest BCUT2D eigenvalue weighted by Gasteiger charge is -2.12. The average Bonchev–Trinajstić information content (AvgIpc) is 2.02. The lowest BCUT2D eigenvalue weighted by molar-refractivity contribution is 0.474. The molecule has 1 N–H and O–H groups in total. The molecule has 14 heavy (non-hydrogen) atoms. The fourth-order valence-corrected chi connectivity index (χ4v) is 2.30. The summed E-state index contributed by atoms with van der Waals surface area (Å²) in [5, 5.41) is 9.06. The van der Waals surface area contributed by atoms with Gasteiger partial charge in [0.2, 0.25) is 10.0 Å². The van der Waals surface area contributed by atoms with Crippen molar-refractivity contribution in [2.75, 3.05) is 14.1 Å². The van der Waals surface area contributed by atoms with Crippen molar-refractivity contribution in [1.29, 1.82) is 0 Å². The van der Waals surface area contributed by atoms with E-state index in [-0.39, 0.29) is 15.7 Å². The summed E-state index contributed by atoms with van der Waals surface area (Å²) in [7, 11) is -0.704. The molecule has 1 rings (SSSR count). The van der Waals surface area contributed by atoms with Crippen LogP contribution in [0.25, 0.3) is 0 Å². The Kier molecular flexibility index (Phi) is 3.04. The van der Waals surface area contributed by atoms with E-state index in [2.05, 4.69) is 0 Å². The Morgan fingerprint density at radius 3 is 2.36 bits per heavy atom. The summed E-state index contributed by atoms with van der Waals surface area (Å²) in [6.45, 7) is 0. The Balaban J connectivity index is 3.35. The van der Waals surface area contributed by atoms with Crippen LogP contribution in [0.2, 0.25) is 5.02 Å². The van der Waals surface area contributed by atoms with E-state index in [1.54, 1.807) is 0 Å². The largest absolute Gasteiger partial charge is 0.508 e. The standard InChI is InChI=1S/C8H10ClNO3S/c1-10(2)14(12,13)8-4-3-6(11)5-7(8)9/h3-5,11H,1-2H3. The zero-order valence-electron chi connectivity index (χ0n) is 7.73. The van der Waals surface area contributed by atoms with Crippen LogP contribution in [-0.4, -0.2) is 31.9 Å². The van der Waals surface area contributed by atoms with Crippen LogP contribution < -0.4 is 0 Å². The Bertz CT molecular complexity index is 442. The fraction of sp³-hybridized carbons (Fsp3) is 0.250. The van der Waals surface area contributed by atoms with E-state index in [1.165, 1.54) is 32.3 Å². The third-order valence-corrected chi connectivity index (χ3v) is 3.97. The number of hydrogen-bond donors (Lipinski definition) is 1. The summed E-state index contributed by atoms with van der Waals surface area (Å²) in [5.41, 5.74) is 0. The predicted molar refractivity (Wildman–Crippen MR) is 54.0 cm³/mol. The van der Waals surface area contributed by atoms with Crippen LogP contribution in [0.15, 0.2) is 23.1 Å². The second kappa shape index (κ2) is 3.76. The van der Waals surface area contributed by atoms with E-state index < -0.39 is 10.0 Å². The van der Waals surface area contributed by atoms with Gasteiger partial charge < -0.3 is 5.11 Å². The van der Waals surface area contributed by atoms with E-state index in [0.717, 1.165) is 4.31 Å². The van der Waals surface area contributed by atoms with Gasteiger partial charge in [0.1, 0.15) is 10.6 Å². The highest BCUT2D eigenvalue weighted by molar-refractivity contribution is 7.89.